The first-order valence-electron chi connectivity index (χ1n) is 9.33. The highest BCUT2D eigenvalue weighted by Crippen LogP contribution is 2.41. The van der Waals surface area contributed by atoms with Gasteiger partial charge in [0.2, 0.25) is 0 Å². The molecule has 0 radical (unpaired) electrons. The summed E-state index contributed by atoms with van der Waals surface area (Å²) in [4.78, 5) is 17.6. The molecule has 0 spiro atoms. The van der Waals surface area contributed by atoms with Crippen molar-refractivity contribution in [1.82, 2.24) is 4.98 Å². The van der Waals surface area contributed by atoms with Gasteiger partial charge in [0.25, 0.3) is 0 Å². The molecule has 0 saturated carbocycles. The van der Waals surface area contributed by atoms with Crippen molar-refractivity contribution >= 4 is 40.0 Å². The lowest BCUT2D eigenvalue weighted by Gasteiger charge is -2.12. The van der Waals surface area contributed by atoms with E-state index in [2.05, 4.69) is 11.1 Å². The number of methoxy groups -OCH3 is 1. The van der Waals surface area contributed by atoms with E-state index < -0.39 is 5.92 Å². The van der Waals surface area contributed by atoms with Crippen molar-refractivity contribution in [1.29, 1.82) is 5.41 Å². The van der Waals surface area contributed by atoms with Gasteiger partial charge in [-0.15, -0.1) is 11.3 Å². The number of ether oxygens (including phenoxy) is 2. The molecule has 1 fully saturated rings. The maximum Gasteiger partial charge on any atom is 0.186 e. The molecule has 1 N–H and O–H groups in total. The quantitative estimate of drug-likeness (QED) is 0.520. The summed E-state index contributed by atoms with van der Waals surface area (Å²) >= 11 is 2.59. The fraction of sp³-hybridized carbons (Fsp3) is 0.174. The van der Waals surface area contributed by atoms with Crippen LogP contribution in [0, 0.1) is 12.3 Å². The maximum absolute atomic E-state index is 12.8. The van der Waals surface area contributed by atoms with Crippen molar-refractivity contribution in [2.45, 2.75) is 19.4 Å². The first-order valence-corrected chi connectivity index (χ1v) is 11.0. The molecule has 4 rings (SSSR count). The van der Waals surface area contributed by atoms with Crippen LogP contribution in [0.4, 0.5) is 0 Å². The van der Waals surface area contributed by atoms with Crippen molar-refractivity contribution < 1.29 is 14.3 Å². The summed E-state index contributed by atoms with van der Waals surface area (Å²) in [6, 6.07) is 13.7. The van der Waals surface area contributed by atoms with Crippen LogP contribution in [-0.4, -0.2) is 22.9 Å². The molecule has 0 bridgehead atoms. The maximum atomic E-state index is 12.8. The lowest BCUT2D eigenvalue weighted by atomic mass is 10.0. The van der Waals surface area contributed by atoms with Crippen LogP contribution in [0.3, 0.4) is 0 Å². The lowest BCUT2D eigenvalue weighted by Crippen LogP contribution is -2.11. The Balaban J connectivity index is 1.53. The summed E-state index contributed by atoms with van der Waals surface area (Å²) in [6.07, 6.45) is 3.45. The highest BCUT2D eigenvalue weighted by atomic mass is 32.2. The molecule has 30 heavy (non-hydrogen) atoms. The van der Waals surface area contributed by atoms with Crippen LogP contribution in [0.25, 0.3) is 6.08 Å². The van der Waals surface area contributed by atoms with E-state index in [0.717, 1.165) is 11.1 Å². The summed E-state index contributed by atoms with van der Waals surface area (Å²) in [7, 11) is 1.59. The Morgan fingerprint density at radius 1 is 1.20 bits per heavy atom. The highest BCUT2D eigenvalue weighted by Gasteiger charge is 2.38. The molecule has 0 amide bonds. The van der Waals surface area contributed by atoms with E-state index in [1.165, 1.54) is 28.7 Å². The summed E-state index contributed by atoms with van der Waals surface area (Å²) in [5, 5.41) is 11.0. The van der Waals surface area contributed by atoms with Crippen LogP contribution in [0.15, 0.2) is 58.9 Å². The number of thiazole rings is 1. The number of carbonyl (C=O) groups excluding carboxylic acids is 1. The summed E-state index contributed by atoms with van der Waals surface area (Å²) < 4.78 is 11.4. The van der Waals surface area contributed by atoms with Crippen LogP contribution >= 0.6 is 23.1 Å². The number of nitrogens with zero attached hydrogens (tertiary/aromatic N) is 1. The van der Waals surface area contributed by atoms with Gasteiger partial charge in [0, 0.05) is 11.6 Å². The Bertz CT molecular complexity index is 1120. The second-order valence-electron chi connectivity index (χ2n) is 6.83. The average molecular weight is 437 g/mol. The molecular weight excluding hydrogens is 416 g/mol. The van der Waals surface area contributed by atoms with Crippen LogP contribution in [0.1, 0.15) is 27.6 Å². The van der Waals surface area contributed by atoms with E-state index in [9.17, 15) is 4.79 Å². The number of thioether (sulfide) groups is 1. The SMILES string of the molecule is COc1cc(/C=C2\SC(=N)[C@@H](c3nccs3)C2=O)ccc1OCc1cccc(C)c1. The second-order valence-corrected chi connectivity index (χ2v) is 8.84. The minimum Gasteiger partial charge on any atom is -0.493 e. The third-order valence-corrected chi connectivity index (χ3v) is 6.48. The van der Waals surface area contributed by atoms with Gasteiger partial charge in [-0.2, -0.15) is 0 Å². The zero-order chi connectivity index (χ0) is 21.1. The van der Waals surface area contributed by atoms with E-state index in [1.54, 1.807) is 19.4 Å². The van der Waals surface area contributed by atoms with Crippen molar-refractivity contribution in [3.8, 4) is 11.5 Å². The fourth-order valence-corrected chi connectivity index (χ4v) is 5.00. The number of aromatic nitrogens is 1. The molecule has 2 heterocycles. The Morgan fingerprint density at radius 3 is 2.80 bits per heavy atom. The van der Waals surface area contributed by atoms with Crippen LogP contribution < -0.4 is 9.47 Å². The monoisotopic (exact) mass is 436 g/mol. The van der Waals surface area contributed by atoms with Crippen molar-refractivity contribution in [2.75, 3.05) is 7.11 Å². The minimum absolute atomic E-state index is 0.0845. The molecule has 7 heteroatoms. The Labute approximate surface area is 183 Å². The minimum atomic E-state index is -0.583. The molecule has 1 aliphatic heterocycles. The Hall–Kier alpha value is -2.90. The Kier molecular flexibility index (Phi) is 6.01. The largest absolute Gasteiger partial charge is 0.493 e. The first kappa shape index (κ1) is 20.4. The average Bonchev–Trinajstić information content (AvgIpc) is 3.35. The zero-order valence-electron chi connectivity index (χ0n) is 16.5. The summed E-state index contributed by atoms with van der Waals surface area (Å²) in [5.41, 5.74) is 3.09. The van der Waals surface area contributed by atoms with Gasteiger partial charge in [0.15, 0.2) is 17.3 Å². The van der Waals surface area contributed by atoms with Gasteiger partial charge < -0.3 is 9.47 Å². The molecule has 1 saturated heterocycles. The van der Waals surface area contributed by atoms with Crippen LogP contribution in [0.5, 0.6) is 11.5 Å². The molecule has 152 valence electrons. The van der Waals surface area contributed by atoms with Gasteiger partial charge in [0.1, 0.15) is 17.5 Å². The van der Waals surface area contributed by atoms with Crippen LogP contribution in [0.2, 0.25) is 0 Å². The van der Waals surface area contributed by atoms with E-state index in [-0.39, 0.29) is 5.78 Å². The third-order valence-electron chi connectivity index (χ3n) is 4.65. The number of ketones is 1. The number of Topliss-reactive ketones (excluding diaryl/α,β-unsaturated/α-hetero) is 1. The predicted octanol–water partition coefficient (Wildman–Crippen LogP) is 5.46. The van der Waals surface area contributed by atoms with Crippen molar-refractivity contribution in [3.05, 3.63) is 80.6 Å². The third kappa shape index (κ3) is 4.32. The van der Waals surface area contributed by atoms with E-state index in [4.69, 9.17) is 14.9 Å². The highest BCUT2D eigenvalue weighted by molar-refractivity contribution is 8.19. The number of carbonyl (C=O) groups is 1. The summed E-state index contributed by atoms with van der Waals surface area (Å²) in [5.74, 6) is 0.567. The van der Waals surface area contributed by atoms with E-state index in [1.807, 2.05) is 48.7 Å². The van der Waals surface area contributed by atoms with Crippen molar-refractivity contribution in [3.63, 3.8) is 0 Å². The number of hydrogen-bond donors (Lipinski definition) is 1. The Morgan fingerprint density at radius 2 is 2.07 bits per heavy atom. The van der Waals surface area contributed by atoms with Gasteiger partial charge in [0.05, 0.1) is 17.1 Å². The molecule has 1 atom stereocenters. The number of rotatable bonds is 6. The molecule has 2 aromatic carbocycles. The van der Waals surface area contributed by atoms with E-state index in [0.29, 0.717) is 33.1 Å². The standard InChI is InChI=1S/C23H20N2O3S2/c1-14-4-3-5-16(10-14)13-28-17-7-6-15(11-18(17)27-2)12-19-21(26)20(22(24)30-19)23-25-8-9-29-23/h3-12,20,24H,13H2,1-2H3/b19-12-,24-22?/t20-/m0/s1. The zero-order valence-corrected chi connectivity index (χ0v) is 18.2. The van der Waals surface area contributed by atoms with Gasteiger partial charge in [-0.05, 0) is 36.3 Å². The lowest BCUT2D eigenvalue weighted by molar-refractivity contribution is -0.114. The topological polar surface area (TPSA) is 72.3 Å². The molecule has 1 aromatic heterocycles. The molecule has 5 nitrogen and oxygen atoms in total. The number of allylic oxidation sites excluding steroid dienone is 1. The van der Waals surface area contributed by atoms with Gasteiger partial charge in [-0.25, -0.2) is 4.98 Å². The number of hydrogen-bond acceptors (Lipinski definition) is 7. The normalized spacial score (nSPS) is 17.5. The van der Waals surface area contributed by atoms with Gasteiger partial charge >= 0.3 is 0 Å². The molecular formula is C23H20N2O3S2. The summed E-state index contributed by atoms with van der Waals surface area (Å²) in [6.45, 7) is 2.49. The molecule has 3 aromatic rings. The van der Waals surface area contributed by atoms with Gasteiger partial charge in [-0.3, -0.25) is 10.2 Å². The van der Waals surface area contributed by atoms with Crippen LogP contribution in [-0.2, 0) is 11.4 Å². The molecule has 0 unspecified atom stereocenters. The molecule has 0 aliphatic carbocycles. The number of aryl methyl sites for hydroxylation is 1. The van der Waals surface area contributed by atoms with E-state index >= 15 is 0 Å². The fourth-order valence-electron chi connectivity index (χ4n) is 3.20. The number of benzene rings is 2. The molecule has 1 aliphatic rings. The predicted molar refractivity (Wildman–Crippen MR) is 122 cm³/mol. The van der Waals surface area contributed by atoms with Gasteiger partial charge in [-0.1, -0.05) is 47.7 Å². The first-order chi connectivity index (χ1) is 14.5. The second kappa shape index (κ2) is 8.85. The number of nitrogens with one attached hydrogen (secondary N) is 1. The van der Waals surface area contributed by atoms with Crippen molar-refractivity contribution in [2.24, 2.45) is 0 Å². The smallest absolute Gasteiger partial charge is 0.186 e.